The molecule has 0 aliphatic carbocycles. The minimum atomic E-state index is -0.536. The summed E-state index contributed by atoms with van der Waals surface area (Å²) in [6.45, 7) is 6.73. The van der Waals surface area contributed by atoms with Gasteiger partial charge in [0.15, 0.2) is 5.57 Å². The largest absolute Gasteiger partial charge is 0.383 e. The van der Waals surface area contributed by atoms with E-state index in [9.17, 15) is 14.9 Å². The summed E-state index contributed by atoms with van der Waals surface area (Å²) in [7, 11) is 1.53. The lowest BCUT2D eigenvalue weighted by molar-refractivity contribution is -0.115. The van der Waals surface area contributed by atoms with Gasteiger partial charge >= 0.3 is 0 Å². The predicted molar refractivity (Wildman–Crippen MR) is 132 cm³/mol. The third kappa shape index (κ3) is 5.48. The van der Waals surface area contributed by atoms with E-state index in [1.807, 2.05) is 61.5 Å². The van der Waals surface area contributed by atoms with E-state index >= 15 is 0 Å². The zero-order valence-electron chi connectivity index (χ0n) is 19.2. The Morgan fingerprint density at radius 3 is 2.52 bits per heavy atom. The summed E-state index contributed by atoms with van der Waals surface area (Å²) >= 11 is 1.14. The average Bonchev–Trinajstić information content (AvgIpc) is 3.10. The highest BCUT2D eigenvalue weighted by Crippen LogP contribution is 2.15. The summed E-state index contributed by atoms with van der Waals surface area (Å²) < 4.78 is 7.18. The quantitative estimate of drug-likeness (QED) is 0.548. The fourth-order valence-corrected chi connectivity index (χ4v) is 4.46. The summed E-state index contributed by atoms with van der Waals surface area (Å²) in [6.07, 6.45) is 1.80. The van der Waals surface area contributed by atoms with Crippen molar-refractivity contribution in [1.82, 2.24) is 9.88 Å². The van der Waals surface area contributed by atoms with E-state index in [-0.39, 0.29) is 17.7 Å². The Labute approximate surface area is 197 Å². The van der Waals surface area contributed by atoms with Crippen molar-refractivity contribution in [2.75, 3.05) is 20.3 Å². The number of carbonyl (C=O) groups excluding carboxylic acids is 1. The van der Waals surface area contributed by atoms with Crippen molar-refractivity contribution in [3.63, 3.8) is 0 Å². The van der Waals surface area contributed by atoms with Gasteiger partial charge in [0, 0.05) is 13.7 Å². The molecule has 0 aliphatic heterocycles. The number of aromatic nitrogens is 1. The van der Waals surface area contributed by atoms with E-state index in [0.717, 1.165) is 22.5 Å². The fraction of sp³-hybridized carbons (Fsp3) is 0.269. The van der Waals surface area contributed by atoms with Gasteiger partial charge < -0.3 is 10.1 Å². The highest BCUT2D eigenvalue weighted by atomic mass is 32.1. The molecule has 0 unspecified atom stereocenters. The van der Waals surface area contributed by atoms with Crippen LogP contribution in [0.2, 0.25) is 0 Å². The molecule has 1 aromatic heterocycles. The molecule has 0 fully saturated rings. The molecule has 2 aromatic carbocycles. The van der Waals surface area contributed by atoms with Gasteiger partial charge in [-0.15, -0.1) is 11.3 Å². The van der Waals surface area contributed by atoms with Crippen molar-refractivity contribution >= 4 is 28.9 Å². The zero-order valence-corrected chi connectivity index (χ0v) is 20.0. The number of amides is 1. The molecule has 3 rings (SSSR count). The van der Waals surface area contributed by atoms with Crippen LogP contribution in [0.4, 0.5) is 0 Å². The molecular formula is C26H27N3O3S. The number of para-hydroxylation sites is 1. The van der Waals surface area contributed by atoms with Crippen molar-refractivity contribution in [1.29, 1.82) is 5.26 Å². The summed E-state index contributed by atoms with van der Waals surface area (Å²) in [4.78, 5) is 26.2. The van der Waals surface area contributed by atoms with Crippen LogP contribution in [0, 0.1) is 18.3 Å². The molecular weight excluding hydrogens is 434 g/mol. The molecule has 0 radical (unpaired) electrons. The molecule has 170 valence electrons. The molecule has 33 heavy (non-hydrogen) atoms. The summed E-state index contributed by atoms with van der Waals surface area (Å²) in [5.74, 6) is -0.124. The van der Waals surface area contributed by atoms with Crippen LogP contribution in [0.15, 0.2) is 53.3 Å². The number of thiazole rings is 1. The molecule has 6 nitrogen and oxygen atoms in total. The first kappa shape index (κ1) is 24.2. The van der Waals surface area contributed by atoms with E-state index in [2.05, 4.69) is 19.2 Å². The van der Waals surface area contributed by atoms with Crippen molar-refractivity contribution in [3.8, 4) is 11.8 Å². The first-order chi connectivity index (χ1) is 15.9. The molecule has 1 N–H and O–H groups in total. The normalized spacial score (nSPS) is 12.5. The van der Waals surface area contributed by atoms with Crippen LogP contribution in [0.5, 0.6) is 0 Å². The molecule has 0 aliphatic rings. The Bertz CT molecular complexity index is 1360. The number of nitriles is 1. The SMILES string of the molecule is COCCNC(=O)/C(C#N)=c1\s/c(=C\c2ccc(C(C)C)cc2)c(=O)n1-c1ccccc1C. The standard InChI is InChI=1S/C26H27N3O3S/c1-17(2)20-11-9-19(10-12-20)15-23-25(31)29(22-8-6-5-7-18(22)3)26(33-23)21(16-27)24(30)28-13-14-32-4/h5-12,15,17H,13-14H2,1-4H3,(H,28,30)/b23-15-,26-21-. The fourth-order valence-electron chi connectivity index (χ4n) is 3.36. The van der Waals surface area contributed by atoms with Crippen LogP contribution >= 0.6 is 11.3 Å². The van der Waals surface area contributed by atoms with Crippen LogP contribution in [0.3, 0.4) is 0 Å². The first-order valence-corrected chi connectivity index (χ1v) is 11.5. The second kappa shape index (κ2) is 10.9. The number of rotatable bonds is 7. The van der Waals surface area contributed by atoms with E-state index in [0.29, 0.717) is 27.4 Å². The first-order valence-electron chi connectivity index (χ1n) is 10.7. The number of benzene rings is 2. The minimum Gasteiger partial charge on any atom is -0.383 e. The summed E-state index contributed by atoms with van der Waals surface area (Å²) in [6, 6.07) is 17.4. The van der Waals surface area contributed by atoms with Crippen LogP contribution in [0.25, 0.3) is 17.3 Å². The maximum absolute atomic E-state index is 13.5. The Kier molecular flexibility index (Phi) is 7.99. The molecule has 0 saturated heterocycles. The number of carbonyl (C=O) groups is 1. The van der Waals surface area contributed by atoms with Crippen molar-refractivity contribution < 1.29 is 9.53 Å². The lowest BCUT2D eigenvalue weighted by atomic mass is 10.0. The second-order valence-electron chi connectivity index (χ2n) is 7.90. The van der Waals surface area contributed by atoms with E-state index in [4.69, 9.17) is 4.74 Å². The Morgan fingerprint density at radius 1 is 1.21 bits per heavy atom. The van der Waals surface area contributed by atoms with Crippen LogP contribution in [-0.2, 0) is 9.53 Å². The molecule has 0 bridgehead atoms. The average molecular weight is 462 g/mol. The number of hydrogen-bond donors (Lipinski definition) is 1. The minimum absolute atomic E-state index is 0.105. The lowest BCUT2D eigenvalue weighted by Gasteiger charge is -2.07. The maximum atomic E-state index is 13.5. The maximum Gasteiger partial charge on any atom is 0.273 e. The van der Waals surface area contributed by atoms with Gasteiger partial charge in [0.25, 0.3) is 11.5 Å². The number of nitrogens with one attached hydrogen (secondary N) is 1. The van der Waals surface area contributed by atoms with E-state index < -0.39 is 5.91 Å². The molecule has 1 amide bonds. The summed E-state index contributed by atoms with van der Waals surface area (Å²) in [5, 5.41) is 12.5. The van der Waals surface area contributed by atoms with Gasteiger partial charge in [-0.2, -0.15) is 5.26 Å². The Morgan fingerprint density at radius 2 is 1.91 bits per heavy atom. The van der Waals surface area contributed by atoms with Gasteiger partial charge in [0.2, 0.25) is 0 Å². The number of hydrogen-bond acceptors (Lipinski definition) is 5. The third-order valence-corrected chi connectivity index (χ3v) is 6.32. The molecule has 0 atom stereocenters. The highest BCUT2D eigenvalue weighted by Gasteiger charge is 2.17. The number of ether oxygens (including phenoxy) is 1. The topological polar surface area (TPSA) is 84.1 Å². The van der Waals surface area contributed by atoms with E-state index in [1.165, 1.54) is 17.2 Å². The van der Waals surface area contributed by atoms with Crippen molar-refractivity contribution in [2.45, 2.75) is 26.7 Å². The number of nitrogens with zero attached hydrogens (tertiary/aromatic N) is 2. The van der Waals surface area contributed by atoms with Gasteiger partial charge in [-0.05, 0) is 41.7 Å². The molecule has 0 spiro atoms. The van der Waals surface area contributed by atoms with Gasteiger partial charge in [-0.25, -0.2) is 0 Å². The summed E-state index contributed by atoms with van der Waals surface area (Å²) in [5.41, 5.74) is 3.22. The predicted octanol–water partition coefficient (Wildman–Crippen LogP) is 2.60. The molecule has 3 aromatic rings. The number of methoxy groups -OCH3 is 1. The van der Waals surface area contributed by atoms with Gasteiger partial charge in [-0.3, -0.25) is 14.2 Å². The van der Waals surface area contributed by atoms with Gasteiger partial charge in [0.1, 0.15) is 10.7 Å². The third-order valence-electron chi connectivity index (χ3n) is 5.23. The van der Waals surface area contributed by atoms with E-state index in [1.54, 1.807) is 6.08 Å². The highest BCUT2D eigenvalue weighted by molar-refractivity contribution is 7.07. The van der Waals surface area contributed by atoms with Crippen LogP contribution < -0.4 is 20.1 Å². The monoisotopic (exact) mass is 461 g/mol. The molecule has 1 heterocycles. The zero-order chi connectivity index (χ0) is 24.0. The second-order valence-corrected chi connectivity index (χ2v) is 8.93. The Balaban J connectivity index is 2.27. The van der Waals surface area contributed by atoms with Gasteiger partial charge in [-0.1, -0.05) is 56.3 Å². The lowest BCUT2D eigenvalue weighted by Crippen LogP contribution is -2.35. The van der Waals surface area contributed by atoms with Crippen LogP contribution in [-0.4, -0.2) is 30.7 Å². The van der Waals surface area contributed by atoms with Crippen molar-refractivity contribution in [3.05, 3.63) is 84.8 Å². The molecule has 7 heteroatoms. The van der Waals surface area contributed by atoms with Gasteiger partial charge in [0.05, 0.1) is 16.8 Å². The Hall–Kier alpha value is -3.47. The molecule has 0 saturated carbocycles. The van der Waals surface area contributed by atoms with Crippen molar-refractivity contribution in [2.24, 2.45) is 0 Å². The van der Waals surface area contributed by atoms with Crippen LogP contribution in [0.1, 0.15) is 36.5 Å². The smallest absolute Gasteiger partial charge is 0.273 e. The number of aryl methyl sites for hydroxylation is 1.